The first-order valence-corrected chi connectivity index (χ1v) is 12.9. The zero-order valence-electron chi connectivity index (χ0n) is 19.5. The molecule has 1 N–H and O–H groups in total. The first kappa shape index (κ1) is 24.3. The fourth-order valence-corrected chi connectivity index (χ4v) is 5.10. The van der Waals surface area contributed by atoms with E-state index < -0.39 is 0 Å². The number of anilines is 2. The smallest absolute Gasteiger partial charge is 0.338 e. The second-order valence-electron chi connectivity index (χ2n) is 7.81. The molecule has 2 aromatic heterocycles. The number of fused-ring (bicyclic) bond motifs is 1. The number of halogens is 1. The molecule has 8 heteroatoms. The van der Waals surface area contributed by atoms with Crippen LogP contribution in [0.3, 0.4) is 0 Å². The summed E-state index contributed by atoms with van der Waals surface area (Å²) in [6.07, 6.45) is 1.58. The lowest BCUT2D eigenvalue weighted by Crippen LogP contribution is -2.27. The van der Waals surface area contributed by atoms with E-state index in [0.717, 1.165) is 57.0 Å². The highest BCUT2D eigenvalue weighted by Gasteiger charge is 2.17. The predicted molar refractivity (Wildman–Crippen MR) is 143 cm³/mol. The van der Waals surface area contributed by atoms with Crippen LogP contribution in [0.1, 0.15) is 29.1 Å². The molecule has 0 unspecified atom stereocenters. The van der Waals surface area contributed by atoms with Crippen molar-refractivity contribution >= 4 is 55.0 Å². The summed E-state index contributed by atoms with van der Waals surface area (Å²) in [6, 6.07) is 15.5. The Labute approximate surface area is 212 Å². The number of hydrogen-bond donors (Lipinski definition) is 1. The fourth-order valence-electron chi connectivity index (χ4n) is 3.82. The van der Waals surface area contributed by atoms with Crippen molar-refractivity contribution < 1.29 is 9.53 Å². The maximum atomic E-state index is 12.4. The summed E-state index contributed by atoms with van der Waals surface area (Å²) in [4.78, 5) is 25.7. The highest BCUT2D eigenvalue weighted by atomic mass is 79.9. The Morgan fingerprint density at radius 3 is 2.44 bits per heavy atom. The monoisotopic (exact) mass is 538 g/mol. The number of benzene rings is 2. The van der Waals surface area contributed by atoms with Crippen molar-refractivity contribution in [3.8, 4) is 11.1 Å². The third-order valence-corrected chi connectivity index (χ3v) is 7.26. The fraction of sp³-hybridized carbons (Fsp3) is 0.269. The SMILES string of the molecule is CCN(CC)CCOC(=O)c1ccc(Nc2ncnc3sc(C)c(-c4ccc(Br)cc4)c23)cc1. The van der Waals surface area contributed by atoms with Gasteiger partial charge in [0.1, 0.15) is 23.6 Å². The van der Waals surface area contributed by atoms with Crippen LogP contribution in [0.15, 0.2) is 59.3 Å². The van der Waals surface area contributed by atoms with Crippen LogP contribution >= 0.6 is 27.3 Å². The van der Waals surface area contributed by atoms with Gasteiger partial charge in [-0.15, -0.1) is 11.3 Å². The number of nitrogens with zero attached hydrogens (tertiary/aromatic N) is 3. The van der Waals surface area contributed by atoms with Gasteiger partial charge in [0.15, 0.2) is 0 Å². The minimum Gasteiger partial charge on any atom is -0.461 e. The Morgan fingerprint density at radius 1 is 1.06 bits per heavy atom. The number of carbonyl (C=O) groups is 1. The average molecular weight is 539 g/mol. The molecule has 0 atom stereocenters. The Hall–Kier alpha value is -2.81. The van der Waals surface area contributed by atoms with Crippen molar-refractivity contribution in [1.29, 1.82) is 0 Å². The largest absolute Gasteiger partial charge is 0.461 e. The van der Waals surface area contributed by atoms with Gasteiger partial charge < -0.3 is 15.0 Å². The van der Waals surface area contributed by atoms with Gasteiger partial charge in [0, 0.05) is 27.1 Å². The van der Waals surface area contributed by atoms with Gasteiger partial charge in [-0.2, -0.15) is 0 Å². The minimum atomic E-state index is -0.311. The molecule has 2 aromatic carbocycles. The minimum absolute atomic E-state index is 0.311. The number of thiophene rings is 1. The maximum absolute atomic E-state index is 12.4. The summed E-state index contributed by atoms with van der Waals surface area (Å²) in [6.45, 7) is 9.31. The van der Waals surface area contributed by atoms with E-state index in [0.29, 0.717) is 12.2 Å². The molecule has 0 radical (unpaired) electrons. The van der Waals surface area contributed by atoms with Crippen molar-refractivity contribution in [2.75, 3.05) is 31.6 Å². The summed E-state index contributed by atoms with van der Waals surface area (Å²) in [7, 11) is 0. The van der Waals surface area contributed by atoms with Crippen LogP contribution < -0.4 is 5.32 Å². The lowest BCUT2D eigenvalue weighted by atomic mass is 10.0. The number of hydrogen-bond acceptors (Lipinski definition) is 7. The molecule has 2 heterocycles. The Kier molecular flexibility index (Phi) is 7.92. The van der Waals surface area contributed by atoms with Crippen molar-refractivity contribution in [1.82, 2.24) is 14.9 Å². The molecule has 4 rings (SSSR count). The van der Waals surface area contributed by atoms with Gasteiger partial charge in [0.2, 0.25) is 0 Å². The van der Waals surface area contributed by atoms with Crippen LogP contribution in [0, 0.1) is 6.92 Å². The molecule has 0 aliphatic carbocycles. The molecule has 0 aliphatic rings. The summed E-state index contributed by atoms with van der Waals surface area (Å²) in [5, 5.41) is 4.40. The normalized spacial score (nSPS) is 11.2. The number of rotatable bonds is 9. The van der Waals surface area contributed by atoms with Gasteiger partial charge in [0.25, 0.3) is 0 Å². The number of ether oxygens (including phenoxy) is 1. The molecule has 0 spiro atoms. The molecule has 0 fully saturated rings. The van der Waals surface area contributed by atoms with Gasteiger partial charge in [-0.05, 0) is 62.0 Å². The Balaban J connectivity index is 1.53. The van der Waals surface area contributed by atoms with Gasteiger partial charge in [-0.25, -0.2) is 14.8 Å². The number of nitrogens with one attached hydrogen (secondary N) is 1. The zero-order valence-corrected chi connectivity index (χ0v) is 21.9. The van der Waals surface area contributed by atoms with E-state index in [1.54, 1.807) is 29.8 Å². The maximum Gasteiger partial charge on any atom is 0.338 e. The standard InChI is InChI=1S/C26H27BrN4O2S/c1-4-31(5-2)14-15-33-26(32)19-8-12-21(13-9-19)30-24-23-22(18-6-10-20(27)11-7-18)17(3)34-25(23)29-16-28-24/h6-13,16H,4-5,14-15H2,1-3H3,(H,28,29,30). The van der Waals surface area contributed by atoms with E-state index in [1.165, 1.54) is 4.88 Å². The van der Waals surface area contributed by atoms with Crippen LogP contribution in [0.25, 0.3) is 21.3 Å². The van der Waals surface area contributed by atoms with Gasteiger partial charge >= 0.3 is 5.97 Å². The molecule has 0 bridgehead atoms. The predicted octanol–water partition coefficient (Wildman–Crippen LogP) is 6.67. The third kappa shape index (κ3) is 5.46. The van der Waals surface area contributed by atoms with E-state index in [-0.39, 0.29) is 5.97 Å². The van der Waals surface area contributed by atoms with Crippen LogP contribution in [0.4, 0.5) is 11.5 Å². The third-order valence-electron chi connectivity index (χ3n) is 5.72. The molecule has 0 saturated carbocycles. The van der Waals surface area contributed by atoms with Crippen molar-refractivity contribution in [3.63, 3.8) is 0 Å². The number of esters is 1. The second kappa shape index (κ2) is 11.1. The molecular formula is C26H27BrN4O2S. The summed E-state index contributed by atoms with van der Waals surface area (Å²) >= 11 is 5.16. The molecule has 34 heavy (non-hydrogen) atoms. The van der Waals surface area contributed by atoms with Gasteiger partial charge in [-0.1, -0.05) is 41.9 Å². The summed E-state index contributed by atoms with van der Waals surface area (Å²) < 4.78 is 6.47. The molecule has 6 nitrogen and oxygen atoms in total. The molecule has 176 valence electrons. The Morgan fingerprint density at radius 2 is 1.76 bits per heavy atom. The van der Waals surface area contributed by atoms with Crippen LogP contribution in [0.2, 0.25) is 0 Å². The first-order valence-electron chi connectivity index (χ1n) is 11.3. The molecule has 0 amide bonds. The highest BCUT2D eigenvalue weighted by Crippen LogP contribution is 2.41. The summed E-state index contributed by atoms with van der Waals surface area (Å²) in [5.41, 5.74) is 3.61. The first-order chi connectivity index (χ1) is 16.5. The molecular weight excluding hydrogens is 512 g/mol. The van der Waals surface area contributed by atoms with Crippen LogP contribution in [-0.4, -0.2) is 47.1 Å². The van der Waals surface area contributed by atoms with Gasteiger partial charge in [-0.3, -0.25) is 0 Å². The zero-order chi connectivity index (χ0) is 24.1. The van der Waals surface area contributed by atoms with E-state index >= 15 is 0 Å². The summed E-state index contributed by atoms with van der Waals surface area (Å²) in [5.74, 6) is 0.427. The topological polar surface area (TPSA) is 67.3 Å². The molecule has 4 aromatic rings. The van der Waals surface area contributed by atoms with Crippen LogP contribution in [0.5, 0.6) is 0 Å². The van der Waals surface area contributed by atoms with Crippen molar-refractivity contribution in [2.45, 2.75) is 20.8 Å². The lowest BCUT2D eigenvalue weighted by molar-refractivity contribution is 0.0466. The van der Waals surface area contributed by atoms with E-state index in [1.807, 2.05) is 24.3 Å². The quantitative estimate of drug-likeness (QED) is 0.240. The number of aromatic nitrogens is 2. The average Bonchev–Trinajstić information content (AvgIpc) is 3.19. The van der Waals surface area contributed by atoms with E-state index in [2.05, 4.69) is 69.0 Å². The van der Waals surface area contributed by atoms with E-state index in [9.17, 15) is 4.79 Å². The second-order valence-corrected chi connectivity index (χ2v) is 9.93. The number of likely N-dealkylation sites (N-methyl/N-ethyl adjacent to an activating group) is 1. The highest BCUT2D eigenvalue weighted by molar-refractivity contribution is 9.10. The number of carbonyl (C=O) groups excluding carboxylic acids is 1. The van der Waals surface area contributed by atoms with Crippen molar-refractivity contribution in [3.05, 3.63) is 69.8 Å². The van der Waals surface area contributed by atoms with Crippen molar-refractivity contribution in [2.24, 2.45) is 0 Å². The van der Waals surface area contributed by atoms with Crippen LogP contribution in [-0.2, 0) is 4.74 Å². The lowest BCUT2D eigenvalue weighted by Gasteiger charge is -2.17. The van der Waals surface area contributed by atoms with E-state index in [4.69, 9.17) is 4.74 Å². The molecule has 0 aliphatic heterocycles. The molecule has 0 saturated heterocycles. The Bertz CT molecular complexity index is 1270. The number of aryl methyl sites for hydroxylation is 1. The van der Waals surface area contributed by atoms with Gasteiger partial charge in [0.05, 0.1) is 10.9 Å².